The molecule has 1 saturated carbocycles. The highest BCUT2D eigenvalue weighted by atomic mass is 16.5. The zero-order valence-electron chi connectivity index (χ0n) is 22.2. The van der Waals surface area contributed by atoms with Crippen LogP contribution >= 0.6 is 0 Å². The van der Waals surface area contributed by atoms with E-state index < -0.39 is 0 Å². The SMILES string of the molecule is CCCCCCCCCOc1cnc(-c2ccc(OCCCCCCCC3CCCC3)cc2)nc1. The Balaban J connectivity index is 1.23. The van der Waals surface area contributed by atoms with Crippen LogP contribution in [0.15, 0.2) is 36.7 Å². The number of hydrogen-bond acceptors (Lipinski definition) is 4. The normalized spacial score (nSPS) is 13.9. The molecule has 1 aromatic heterocycles. The van der Waals surface area contributed by atoms with E-state index in [4.69, 9.17) is 9.47 Å². The molecule has 0 bridgehead atoms. The van der Waals surface area contributed by atoms with Gasteiger partial charge in [-0.3, -0.25) is 0 Å². The molecule has 0 unspecified atom stereocenters. The minimum absolute atomic E-state index is 0.720. The van der Waals surface area contributed by atoms with Crippen LogP contribution in [-0.2, 0) is 0 Å². The lowest BCUT2D eigenvalue weighted by molar-refractivity contribution is 0.302. The molecule has 0 atom stereocenters. The van der Waals surface area contributed by atoms with Crippen molar-refractivity contribution in [3.63, 3.8) is 0 Å². The summed E-state index contributed by atoms with van der Waals surface area (Å²) in [6, 6.07) is 8.11. The summed E-state index contributed by atoms with van der Waals surface area (Å²) in [6.45, 7) is 3.79. The van der Waals surface area contributed by atoms with Crippen molar-refractivity contribution in [1.29, 1.82) is 0 Å². The second-order valence-electron chi connectivity index (χ2n) is 10.3. The van der Waals surface area contributed by atoms with Crippen molar-refractivity contribution < 1.29 is 9.47 Å². The third kappa shape index (κ3) is 11.5. The first-order valence-corrected chi connectivity index (χ1v) is 14.5. The topological polar surface area (TPSA) is 44.2 Å². The van der Waals surface area contributed by atoms with Crippen LogP contribution in [0.4, 0.5) is 0 Å². The standard InChI is InChI=1S/C31H48N2O2/c1-2-3-4-5-6-9-15-24-35-30-25-32-31(33-26-30)28-19-21-29(22-20-28)34-23-14-10-7-8-11-16-27-17-12-13-18-27/h19-22,25-27H,2-18,23-24H2,1H3. The third-order valence-electron chi connectivity index (χ3n) is 7.26. The van der Waals surface area contributed by atoms with Gasteiger partial charge in [0.15, 0.2) is 11.6 Å². The van der Waals surface area contributed by atoms with Crippen molar-refractivity contribution in [2.75, 3.05) is 13.2 Å². The predicted molar refractivity (Wildman–Crippen MR) is 146 cm³/mol. The quantitative estimate of drug-likeness (QED) is 0.188. The van der Waals surface area contributed by atoms with Gasteiger partial charge in [-0.25, -0.2) is 9.97 Å². The Morgan fingerprint density at radius 1 is 0.657 bits per heavy atom. The first kappa shape index (κ1) is 27.5. The van der Waals surface area contributed by atoms with Gasteiger partial charge in [0.2, 0.25) is 0 Å². The lowest BCUT2D eigenvalue weighted by Gasteiger charge is -2.09. The molecule has 1 aliphatic carbocycles. The molecule has 35 heavy (non-hydrogen) atoms. The number of ether oxygens (including phenoxy) is 2. The van der Waals surface area contributed by atoms with Gasteiger partial charge < -0.3 is 9.47 Å². The van der Waals surface area contributed by atoms with E-state index in [1.807, 2.05) is 24.3 Å². The lowest BCUT2D eigenvalue weighted by atomic mass is 9.99. The van der Waals surface area contributed by atoms with Crippen molar-refractivity contribution in [3.8, 4) is 22.9 Å². The van der Waals surface area contributed by atoms with Gasteiger partial charge >= 0.3 is 0 Å². The minimum atomic E-state index is 0.720. The number of rotatable bonds is 19. The van der Waals surface area contributed by atoms with Gasteiger partial charge in [-0.2, -0.15) is 0 Å². The summed E-state index contributed by atoms with van der Waals surface area (Å²) in [5.41, 5.74) is 0.998. The van der Waals surface area contributed by atoms with E-state index >= 15 is 0 Å². The molecule has 0 radical (unpaired) electrons. The summed E-state index contributed by atoms with van der Waals surface area (Å²) in [7, 11) is 0. The van der Waals surface area contributed by atoms with Gasteiger partial charge in [0.1, 0.15) is 5.75 Å². The molecule has 1 heterocycles. The van der Waals surface area contributed by atoms with Gasteiger partial charge in [0, 0.05) is 5.56 Å². The maximum absolute atomic E-state index is 5.93. The highest BCUT2D eigenvalue weighted by Gasteiger charge is 2.13. The van der Waals surface area contributed by atoms with Crippen LogP contribution in [0.5, 0.6) is 11.5 Å². The van der Waals surface area contributed by atoms with Crippen LogP contribution in [0.25, 0.3) is 11.4 Å². The molecule has 0 aliphatic heterocycles. The van der Waals surface area contributed by atoms with E-state index in [0.29, 0.717) is 0 Å². The second kappa shape index (κ2) is 17.3. The van der Waals surface area contributed by atoms with Crippen LogP contribution < -0.4 is 9.47 Å². The van der Waals surface area contributed by atoms with Crippen molar-refractivity contribution in [2.24, 2.45) is 5.92 Å². The lowest BCUT2D eigenvalue weighted by Crippen LogP contribution is -1.99. The summed E-state index contributed by atoms with van der Waals surface area (Å²) in [5.74, 6) is 3.43. The molecule has 2 aromatic rings. The molecule has 0 saturated heterocycles. The van der Waals surface area contributed by atoms with Gasteiger partial charge in [-0.15, -0.1) is 0 Å². The van der Waals surface area contributed by atoms with Gasteiger partial charge in [-0.05, 0) is 43.0 Å². The Hall–Kier alpha value is -2.10. The van der Waals surface area contributed by atoms with E-state index in [1.54, 1.807) is 12.4 Å². The van der Waals surface area contributed by atoms with Crippen molar-refractivity contribution >= 4 is 0 Å². The molecule has 0 N–H and O–H groups in total. The molecule has 0 spiro atoms. The smallest absolute Gasteiger partial charge is 0.159 e. The molecule has 0 amide bonds. The molecule has 1 aliphatic rings. The van der Waals surface area contributed by atoms with Crippen LogP contribution in [0.3, 0.4) is 0 Å². The van der Waals surface area contributed by atoms with E-state index in [1.165, 1.54) is 96.3 Å². The van der Waals surface area contributed by atoms with Crippen molar-refractivity contribution in [2.45, 2.75) is 116 Å². The van der Waals surface area contributed by atoms with Crippen LogP contribution in [-0.4, -0.2) is 23.2 Å². The Labute approximate surface area is 214 Å². The van der Waals surface area contributed by atoms with E-state index in [9.17, 15) is 0 Å². The van der Waals surface area contributed by atoms with Crippen molar-refractivity contribution in [3.05, 3.63) is 36.7 Å². The molecule has 3 rings (SSSR count). The molecular weight excluding hydrogens is 432 g/mol. The van der Waals surface area contributed by atoms with Crippen LogP contribution in [0.1, 0.15) is 116 Å². The minimum Gasteiger partial charge on any atom is -0.494 e. The zero-order chi connectivity index (χ0) is 24.4. The zero-order valence-corrected chi connectivity index (χ0v) is 22.2. The first-order chi connectivity index (χ1) is 17.3. The Morgan fingerprint density at radius 2 is 1.20 bits per heavy atom. The fourth-order valence-electron chi connectivity index (χ4n) is 5.04. The maximum atomic E-state index is 5.93. The molecule has 194 valence electrons. The number of unbranched alkanes of at least 4 members (excludes halogenated alkanes) is 10. The average molecular weight is 481 g/mol. The highest BCUT2D eigenvalue weighted by Crippen LogP contribution is 2.29. The van der Waals surface area contributed by atoms with E-state index in [0.717, 1.165) is 54.9 Å². The summed E-state index contributed by atoms with van der Waals surface area (Å²) in [6.07, 6.45) is 26.5. The summed E-state index contributed by atoms with van der Waals surface area (Å²) in [5, 5.41) is 0. The fourth-order valence-corrected chi connectivity index (χ4v) is 5.04. The third-order valence-corrected chi connectivity index (χ3v) is 7.26. The Kier molecular flexibility index (Phi) is 13.6. The first-order valence-electron chi connectivity index (χ1n) is 14.5. The Bertz CT molecular complexity index is 770. The Morgan fingerprint density at radius 3 is 1.83 bits per heavy atom. The molecule has 4 heteroatoms. The monoisotopic (exact) mass is 480 g/mol. The molecule has 1 aromatic carbocycles. The predicted octanol–water partition coefficient (Wildman–Crippen LogP) is 9.18. The number of nitrogens with zero attached hydrogens (tertiary/aromatic N) is 2. The summed E-state index contributed by atoms with van der Waals surface area (Å²) >= 11 is 0. The average Bonchev–Trinajstić information content (AvgIpc) is 3.42. The summed E-state index contributed by atoms with van der Waals surface area (Å²) in [4.78, 5) is 8.97. The van der Waals surface area contributed by atoms with E-state index in [2.05, 4.69) is 16.9 Å². The summed E-state index contributed by atoms with van der Waals surface area (Å²) < 4.78 is 11.7. The number of aromatic nitrogens is 2. The van der Waals surface area contributed by atoms with Crippen LogP contribution in [0.2, 0.25) is 0 Å². The van der Waals surface area contributed by atoms with Crippen molar-refractivity contribution in [1.82, 2.24) is 9.97 Å². The number of benzene rings is 1. The van der Waals surface area contributed by atoms with Crippen LogP contribution in [0, 0.1) is 5.92 Å². The number of hydrogen-bond donors (Lipinski definition) is 0. The highest BCUT2D eigenvalue weighted by molar-refractivity contribution is 5.56. The fraction of sp³-hybridized carbons (Fsp3) is 0.677. The van der Waals surface area contributed by atoms with Gasteiger partial charge in [0.25, 0.3) is 0 Å². The van der Waals surface area contributed by atoms with E-state index in [-0.39, 0.29) is 0 Å². The van der Waals surface area contributed by atoms with Gasteiger partial charge in [0.05, 0.1) is 25.6 Å². The maximum Gasteiger partial charge on any atom is 0.159 e. The second-order valence-corrected chi connectivity index (χ2v) is 10.3. The largest absolute Gasteiger partial charge is 0.494 e. The molecular formula is C31H48N2O2. The molecule has 4 nitrogen and oxygen atoms in total. The van der Waals surface area contributed by atoms with Gasteiger partial charge in [-0.1, -0.05) is 103 Å². The molecule has 1 fully saturated rings.